The van der Waals surface area contributed by atoms with Crippen molar-refractivity contribution < 1.29 is 9.59 Å². The Hall–Kier alpha value is -0.660. The fourth-order valence-corrected chi connectivity index (χ4v) is 4.36. The van der Waals surface area contributed by atoms with Crippen LogP contribution in [0.3, 0.4) is 0 Å². The van der Waals surface area contributed by atoms with Crippen LogP contribution in [0.4, 0.5) is 0 Å². The van der Waals surface area contributed by atoms with Crippen molar-refractivity contribution in [3.8, 4) is 0 Å². The van der Waals surface area contributed by atoms with Crippen molar-refractivity contribution in [2.24, 2.45) is 23.7 Å². The zero-order chi connectivity index (χ0) is 13.1. The Morgan fingerprint density at radius 1 is 0.778 bits per heavy atom. The van der Waals surface area contributed by atoms with Crippen molar-refractivity contribution in [1.29, 1.82) is 0 Å². The van der Waals surface area contributed by atoms with E-state index < -0.39 is 0 Å². The van der Waals surface area contributed by atoms with Gasteiger partial charge in [-0.2, -0.15) is 0 Å². The van der Waals surface area contributed by atoms with E-state index in [1.54, 1.807) is 13.8 Å². The second kappa shape index (κ2) is 5.99. The molecular formula is C16H26O2. The first-order valence-corrected chi connectivity index (χ1v) is 7.51. The molecule has 0 saturated heterocycles. The number of rotatable bonds is 4. The van der Waals surface area contributed by atoms with Crippen LogP contribution in [0.5, 0.6) is 0 Å². The summed E-state index contributed by atoms with van der Waals surface area (Å²) in [6.45, 7) is 3.44. The molecule has 2 bridgehead atoms. The van der Waals surface area contributed by atoms with Crippen LogP contribution in [0.2, 0.25) is 0 Å². The van der Waals surface area contributed by atoms with Gasteiger partial charge in [-0.15, -0.1) is 0 Å². The predicted molar refractivity (Wildman–Crippen MR) is 72.3 cm³/mol. The molecule has 0 amide bonds. The third-order valence-corrected chi connectivity index (χ3v) is 4.80. The molecule has 0 atom stereocenters. The molecule has 0 aliphatic heterocycles. The van der Waals surface area contributed by atoms with Crippen molar-refractivity contribution in [1.82, 2.24) is 0 Å². The molecule has 2 saturated carbocycles. The Morgan fingerprint density at radius 3 is 1.39 bits per heavy atom. The molecule has 0 unspecified atom stereocenters. The Morgan fingerprint density at radius 2 is 1.11 bits per heavy atom. The van der Waals surface area contributed by atoms with Crippen LogP contribution in [-0.2, 0) is 9.59 Å². The first kappa shape index (κ1) is 13.8. The number of ketones is 2. The van der Waals surface area contributed by atoms with E-state index in [4.69, 9.17) is 0 Å². The van der Waals surface area contributed by atoms with Crippen molar-refractivity contribution >= 4 is 11.6 Å². The maximum absolute atomic E-state index is 11.3. The minimum Gasteiger partial charge on any atom is -0.300 e. The lowest BCUT2D eigenvalue weighted by atomic mass is 9.77. The molecule has 2 aliphatic carbocycles. The average molecular weight is 250 g/mol. The van der Waals surface area contributed by atoms with Crippen molar-refractivity contribution in [3.63, 3.8) is 0 Å². The first-order chi connectivity index (χ1) is 8.52. The van der Waals surface area contributed by atoms with Crippen LogP contribution >= 0.6 is 0 Å². The van der Waals surface area contributed by atoms with Gasteiger partial charge in [0.05, 0.1) is 0 Å². The van der Waals surface area contributed by atoms with E-state index in [1.165, 1.54) is 38.5 Å². The highest BCUT2D eigenvalue weighted by Crippen LogP contribution is 2.44. The standard InChI is InChI=1S/C16H26O2/c1-11(17)5-15-7-13-3-4-14(8-15)10-16(9-13)6-12(2)18/h13-16H,3-10H2,1-2H3. The van der Waals surface area contributed by atoms with Crippen LogP contribution in [0.25, 0.3) is 0 Å². The summed E-state index contributed by atoms with van der Waals surface area (Å²) < 4.78 is 0. The average Bonchev–Trinajstić information content (AvgIpc) is 2.47. The highest BCUT2D eigenvalue weighted by Gasteiger charge is 2.33. The summed E-state index contributed by atoms with van der Waals surface area (Å²) in [5, 5.41) is 0. The molecule has 102 valence electrons. The largest absolute Gasteiger partial charge is 0.300 e. The normalized spacial score (nSPS) is 35.9. The third kappa shape index (κ3) is 3.93. The molecular weight excluding hydrogens is 224 g/mol. The van der Waals surface area contributed by atoms with Crippen LogP contribution in [0.15, 0.2) is 0 Å². The second-order valence-corrected chi connectivity index (χ2v) is 6.80. The van der Waals surface area contributed by atoms with Gasteiger partial charge in [-0.3, -0.25) is 0 Å². The molecule has 2 heteroatoms. The summed E-state index contributed by atoms with van der Waals surface area (Å²) in [6, 6.07) is 0. The number of carbonyl (C=O) groups is 2. The highest BCUT2D eigenvalue weighted by atomic mass is 16.1. The smallest absolute Gasteiger partial charge is 0.130 e. The van der Waals surface area contributed by atoms with E-state index in [0.717, 1.165) is 24.7 Å². The summed E-state index contributed by atoms with van der Waals surface area (Å²) in [5.74, 6) is 3.48. The third-order valence-electron chi connectivity index (χ3n) is 4.80. The molecule has 0 radical (unpaired) electrons. The van der Waals surface area contributed by atoms with Gasteiger partial charge in [0.2, 0.25) is 0 Å². The lowest BCUT2D eigenvalue weighted by molar-refractivity contribution is -0.118. The molecule has 0 heterocycles. The maximum Gasteiger partial charge on any atom is 0.130 e. The van der Waals surface area contributed by atoms with Crippen LogP contribution in [0.1, 0.15) is 65.2 Å². The summed E-state index contributed by atoms with van der Waals surface area (Å²) in [5.41, 5.74) is 0. The first-order valence-electron chi connectivity index (χ1n) is 7.51. The lowest BCUT2D eigenvalue weighted by Crippen LogP contribution is -2.20. The summed E-state index contributed by atoms with van der Waals surface area (Å²) in [7, 11) is 0. The Balaban J connectivity index is 1.98. The minimum atomic E-state index is 0.347. The van der Waals surface area contributed by atoms with Gasteiger partial charge in [0.15, 0.2) is 0 Å². The monoisotopic (exact) mass is 250 g/mol. The Labute approximate surface area is 111 Å². The molecule has 2 aliphatic rings. The van der Waals surface area contributed by atoms with Gasteiger partial charge >= 0.3 is 0 Å². The topological polar surface area (TPSA) is 34.1 Å². The Bertz CT molecular complexity index is 277. The summed E-state index contributed by atoms with van der Waals surface area (Å²) in [4.78, 5) is 22.6. The quantitative estimate of drug-likeness (QED) is 0.761. The van der Waals surface area contributed by atoms with Crippen LogP contribution in [0, 0.1) is 23.7 Å². The number of Topliss-reactive ketones (excluding diaryl/α,β-unsaturated/α-hetero) is 2. The predicted octanol–water partition coefficient (Wildman–Crippen LogP) is 3.78. The van der Waals surface area contributed by atoms with Gasteiger partial charge in [0.1, 0.15) is 11.6 Å². The lowest BCUT2D eigenvalue weighted by Gasteiger charge is -2.28. The van der Waals surface area contributed by atoms with Crippen LogP contribution in [-0.4, -0.2) is 11.6 Å². The van der Waals surface area contributed by atoms with Gasteiger partial charge in [0.25, 0.3) is 0 Å². The minimum absolute atomic E-state index is 0.347. The number of fused-ring (bicyclic) bond motifs is 3. The zero-order valence-corrected chi connectivity index (χ0v) is 11.8. The highest BCUT2D eigenvalue weighted by molar-refractivity contribution is 5.76. The van der Waals surface area contributed by atoms with Gasteiger partial charge in [-0.25, -0.2) is 0 Å². The zero-order valence-electron chi connectivity index (χ0n) is 11.8. The van der Waals surface area contributed by atoms with Crippen molar-refractivity contribution in [2.45, 2.75) is 65.2 Å². The van der Waals surface area contributed by atoms with E-state index >= 15 is 0 Å². The number of hydrogen-bond donors (Lipinski definition) is 0. The molecule has 2 fully saturated rings. The van der Waals surface area contributed by atoms with E-state index in [1.807, 2.05) is 0 Å². The van der Waals surface area contributed by atoms with Gasteiger partial charge in [-0.1, -0.05) is 12.8 Å². The van der Waals surface area contributed by atoms with E-state index in [-0.39, 0.29) is 0 Å². The Kier molecular flexibility index (Phi) is 4.58. The molecule has 2 nitrogen and oxygen atoms in total. The second-order valence-electron chi connectivity index (χ2n) is 6.80. The van der Waals surface area contributed by atoms with E-state index in [2.05, 4.69) is 0 Å². The molecule has 0 spiro atoms. The van der Waals surface area contributed by atoms with Crippen LogP contribution < -0.4 is 0 Å². The summed E-state index contributed by atoms with van der Waals surface area (Å²) in [6.07, 6.45) is 9.12. The van der Waals surface area contributed by atoms with Crippen molar-refractivity contribution in [3.05, 3.63) is 0 Å². The van der Waals surface area contributed by atoms with Gasteiger partial charge < -0.3 is 9.59 Å². The summed E-state index contributed by atoms with van der Waals surface area (Å²) >= 11 is 0. The number of hydrogen-bond acceptors (Lipinski definition) is 2. The van der Waals surface area contributed by atoms with Gasteiger partial charge in [0, 0.05) is 12.8 Å². The fourth-order valence-electron chi connectivity index (χ4n) is 4.36. The molecule has 0 aromatic carbocycles. The fraction of sp³-hybridized carbons (Fsp3) is 0.875. The SMILES string of the molecule is CC(=O)CC1CC2CCC(C1)CC(CC(C)=O)C2. The van der Waals surface area contributed by atoms with Gasteiger partial charge in [-0.05, 0) is 63.2 Å². The molecule has 0 aromatic heterocycles. The van der Waals surface area contributed by atoms with E-state index in [0.29, 0.717) is 23.4 Å². The van der Waals surface area contributed by atoms with Crippen molar-refractivity contribution in [2.75, 3.05) is 0 Å². The number of carbonyl (C=O) groups excluding carboxylic acids is 2. The molecule has 2 rings (SSSR count). The molecule has 0 aromatic rings. The molecule has 18 heavy (non-hydrogen) atoms. The molecule has 0 N–H and O–H groups in total. The van der Waals surface area contributed by atoms with E-state index in [9.17, 15) is 9.59 Å². The maximum atomic E-state index is 11.3.